The lowest BCUT2D eigenvalue weighted by Gasteiger charge is -2.08. The Labute approximate surface area is 231 Å². The van der Waals surface area contributed by atoms with Crippen LogP contribution in [0.5, 0.6) is 5.75 Å². The van der Waals surface area contributed by atoms with Crippen molar-refractivity contribution in [2.75, 3.05) is 29.6 Å². The number of anilines is 5. The number of nitrogens with two attached hydrogens (primary N) is 3. The quantitative estimate of drug-likeness (QED) is 0.120. The zero-order valence-electron chi connectivity index (χ0n) is 19.6. The SMILES string of the molecule is CO.Nc1ccc(Nc2nc(Cl)nc(Cl)n2)cc1S(=O)(=O)O.Nc1ccc2cc(S(=O)(=O)O)cc(O)c2c1N. The number of fused-ring (bicyclic) bond motifs is 1. The highest BCUT2D eigenvalue weighted by atomic mass is 35.5. The van der Waals surface area contributed by atoms with Gasteiger partial charge in [-0.25, -0.2) is 0 Å². The Kier molecular flexibility index (Phi) is 10.0. The van der Waals surface area contributed by atoms with Gasteiger partial charge in [0.2, 0.25) is 16.5 Å². The van der Waals surface area contributed by atoms with Crippen LogP contribution in [0.25, 0.3) is 10.8 Å². The molecule has 0 saturated carbocycles. The average molecular weight is 622 g/mol. The van der Waals surface area contributed by atoms with Crippen molar-refractivity contribution >= 4 is 82.9 Å². The summed E-state index contributed by atoms with van der Waals surface area (Å²) in [6.07, 6.45) is 0. The van der Waals surface area contributed by atoms with E-state index in [1.807, 2.05) is 0 Å². The third kappa shape index (κ3) is 8.14. The summed E-state index contributed by atoms with van der Waals surface area (Å²) in [4.78, 5) is 10.2. The second kappa shape index (κ2) is 12.4. The molecule has 0 aliphatic carbocycles. The second-order valence-corrected chi connectivity index (χ2v) is 10.6. The van der Waals surface area contributed by atoms with Gasteiger partial charge in [0.15, 0.2) is 0 Å². The molecule has 1 aromatic heterocycles. The van der Waals surface area contributed by atoms with E-state index in [0.29, 0.717) is 5.39 Å². The van der Waals surface area contributed by atoms with E-state index in [0.717, 1.165) is 19.2 Å². The Morgan fingerprint density at radius 1 is 0.795 bits per heavy atom. The molecule has 39 heavy (non-hydrogen) atoms. The van der Waals surface area contributed by atoms with Crippen LogP contribution in [0, 0.1) is 0 Å². The maximum atomic E-state index is 11.1. The Morgan fingerprint density at radius 2 is 1.36 bits per heavy atom. The number of phenols is 1. The number of aromatic hydroxyl groups is 1. The lowest BCUT2D eigenvalue weighted by Crippen LogP contribution is -2.05. The highest BCUT2D eigenvalue weighted by molar-refractivity contribution is 7.86. The first-order valence-electron chi connectivity index (χ1n) is 10.00. The van der Waals surface area contributed by atoms with Crippen molar-refractivity contribution in [1.82, 2.24) is 15.0 Å². The number of aliphatic hydroxyl groups is 1. The second-order valence-electron chi connectivity index (χ2n) is 7.13. The third-order valence-electron chi connectivity index (χ3n) is 4.57. The van der Waals surface area contributed by atoms with Crippen molar-refractivity contribution in [3.05, 3.63) is 53.0 Å². The van der Waals surface area contributed by atoms with Gasteiger partial charge in [-0.2, -0.15) is 31.8 Å². The fourth-order valence-corrected chi connectivity index (χ4v) is 4.50. The molecule has 0 radical (unpaired) electrons. The van der Waals surface area contributed by atoms with E-state index in [-0.39, 0.29) is 50.4 Å². The van der Waals surface area contributed by atoms with Crippen molar-refractivity contribution in [2.24, 2.45) is 0 Å². The molecule has 0 spiro atoms. The molecule has 0 fully saturated rings. The number of benzene rings is 3. The van der Waals surface area contributed by atoms with Crippen LogP contribution in [0.15, 0.2) is 52.3 Å². The van der Waals surface area contributed by atoms with E-state index >= 15 is 0 Å². The topological polar surface area (TPSA) is 278 Å². The fourth-order valence-electron chi connectivity index (χ4n) is 2.96. The monoisotopic (exact) mass is 621 g/mol. The molecule has 1 heterocycles. The van der Waals surface area contributed by atoms with Crippen LogP contribution in [-0.4, -0.2) is 58.2 Å². The summed E-state index contributed by atoms with van der Waals surface area (Å²) in [7, 11) is -7.81. The van der Waals surface area contributed by atoms with Crippen LogP contribution in [0.3, 0.4) is 0 Å². The molecule has 4 rings (SSSR count). The maximum Gasteiger partial charge on any atom is 0.296 e. The standard InChI is InChI=1S/C10H10N2O4S.C9H7Cl2N5O3S.CH4O/c11-7-2-1-5-3-6(17(14,15)16)4-8(13)9(5)10(7)12;10-7-14-8(11)16-9(15-7)13-4-1-2-5(12)6(3-4)20(17,18)19;1-2/h1-4,13H,11-12H2,(H,14,15,16);1-3H,12H2,(H,17,18,19)(H,13,14,15,16);2H,1H3. The van der Waals surface area contributed by atoms with E-state index < -0.39 is 30.0 Å². The maximum absolute atomic E-state index is 11.1. The van der Waals surface area contributed by atoms with Crippen molar-refractivity contribution < 1.29 is 36.2 Å². The van der Waals surface area contributed by atoms with E-state index in [1.165, 1.54) is 30.3 Å². The molecule has 3 aromatic carbocycles. The molecule has 15 nitrogen and oxygen atoms in total. The molecule has 0 aliphatic rings. The number of hydrogen-bond acceptors (Lipinski definition) is 13. The Bertz CT molecular complexity index is 1720. The molecule has 0 unspecified atom stereocenters. The minimum Gasteiger partial charge on any atom is -0.507 e. The van der Waals surface area contributed by atoms with Gasteiger partial charge in [0.25, 0.3) is 20.2 Å². The predicted molar refractivity (Wildman–Crippen MR) is 146 cm³/mol. The summed E-state index contributed by atoms with van der Waals surface area (Å²) in [5.41, 5.74) is 17.4. The van der Waals surface area contributed by atoms with E-state index in [2.05, 4.69) is 20.3 Å². The summed E-state index contributed by atoms with van der Waals surface area (Å²) in [5, 5.41) is 19.8. The first-order chi connectivity index (χ1) is 18.1. The minimum atomic E-state index is -4.43. The molecule has 11 N–H and O–H groups in total. The smallest absolute Gasteiger partial charge is 0.296 e. The van der Waals surface area contributed by atoms with Gasteiger partial charge in [-0.1, -0.05) is 6.07 Å². The molecular formula is C20H21Cl2N7O8S2. The Balaban J connectivity index is 0.000000260. The van der Waals surface area contributed by atoms with Gasteiger partial charge in [0.05, 0.1) is 22.0 Å². The molecule has 0 atom stereocenters. The zero-order valence-corrected chi connectivity index (χ0v) is 22.8. The minimum absolute atomic E-state index is 0.0149. The zero-order chi connectivity index (χ0) is 29.7. The van der Waals surface area contributed by atoms with Gasteiger partial charge in [-0.15, -0.1) is 0 Å². The first-order valence-corrected chi connectivity index (χ1v) is 13.6. The van der Waals surface area contributed by atoms with Crippen LogP contribution in [0.2, 0.25) is 10.6 Å². The van der Waals surface area contributed by atoms with E-state index in [1.54, 1.807) is 0 Å². The molecule has 0 saturated heterocycles. The molecular weight excluding hydrogens is 601 g/mol. The highest BCUT2D eigenvalue weighted by Gasteiger charge is 2.16. The van der Waals surface area contributed by atoms with E-state index in [9.17, 15) is 21.9 Å². The number of phenolic OH excluding ortho intramolecular Hbond substituents is 1. The number of aromatic nitrogens is 3. The molecule has 0 bridgehead atoms. The lowest BCUT2D eigenvalue weighted by molar-refractivity contribution is 0.399. The third-order valence-corrected chi connectivity index (χ3v) is 6.65. The summed E-state index contributed by atoms with van der Waals surface area (Å²) < 4.78 is 62.1. The molecule has 4 aromatic rings. The van der Waals surface area contributed by atoms with Crippen molar-refractivity contribution in [3.63, 3.8) is 0 Å². The average Bonchev–Trinajstić information content (AvgIpc) is 2.82. The summed E-state index contributed by atoms with van der Waals surface area (Å²) in [5.74, 6) is -0.332. The number of nitrogens with zero attached hydrogens (tertiary/aromatic N) is 3. The first kappa shape index (κ1) is 31.5. The van der Waals surface area contributed by atoms with Gasteiger partial charge in [-0.05, 0) is 58.9 Å². The highest BCUT2D eigenvalue weighted by Crippen LogP contribution is 2.35. The van der Waals surface area contributed by atoms with Crippen molar-refractivity contribution in [3.8, 4) is 5.75 Å². The lowest BCUT2D eigenvalue weighted by atomic mass is 10.1. The van der Waals surface area contributed by atoms with Crippen molar-refractivity contribution in [2.45, 2.75) is 9.79 Å². The van der Waals surface area contributed by atoms with Gasteiger partial charge in [-0.3, -0.25) is 9.11 Å². The van der Waals surface area contributed by atoms with Gasteiger partial charge < -0.3 is 32.7 Å². The number of nitrogen functional groups attached to an aromatic ring is 3. The number of aliphatic hydroxyl groups excluding tert-OH is 1. The van der Waals surface area contributed by atoms with Crippen LogP contribution in [0.1, 0.15) is 0 Å². The van der Waals surface area contributed by atoms with Gasteiger partial charge >= 0.3 is 0 Å². The predicted octanol–water partition coefficient (Wildman–Crippen LogP) is 2.32. The molecule has 0 amide bonds. The summed E-state index contributed by atoms with van der Waals surface area (Å²) in [6.45, 7) is 0. The Hall–Kier alpha value is -3.71. The number of rotatable bonds is 4. The van der Waals surface area contributed by atoms with Crippen LogP contribution < -0.4 is 22.5 Å². The van der Waals surface area contributed by atoms with Crippen LogP contribution in [-0.2, 0) is 20.2 Å². The summed E-state index contributed by atoms with van der Waals surface area (Å²) in [6, 6.07) is 9.02. The van der Waals surface area contributed by atoms with Crippen LogP contribution in [0.4, 0.5) is 28.7 Å². The molecule has 0 aliphatic heterocycles. The van der Waals surface area contributed by atoms with Crippen molar-refractivity contribution in [1.29, 1.82) is 0 Å². The number of hydrogen-bond donors (Lipinski definition) is 8. The molecule has 19 heteroatoms. The van der Waals surface area contributed by atoms with Gasteiger partial charge in [0.1, 0.15) is 10.6 Å². The number of nitrogens with one attached hydrogen (secondary N) is 1. The van der Waals surface area contributed by atoms with Crippen LogP contribution >= 0.6 is 23.2 Å². The Morgan fingerprint density at radius 3 is 1.90 bits per heavy atom. The largest absolute Gasteiger partial charge is 0.507 e. The van der Waals surface area contributed by atoms with Gasteiger partial charge in [0, 0.05) is 24.2 Å². The number of halogens is 2. The fraction of sp³-hybridized carbons (Fsp3) is 0.0500. The normalized spacial score (nSPS) is 11.1. The molecule has 210 valence electrons. The van der Waals surface area contributed by atoms with E-state index in [4.69, 9.17) is 54.6 Å². The summed E-state index contributed by atoms with van der Waals surface area (Å²) >= 11 is 11.2.